The largest absolute Gasteiger partial charge is 0.493 e. The molecular weight excluding hydrogens is 418 g/mol. The molecule has 1 aliphatic heterocycles. The lowest BCUT2D eigenvalue weighted by Gasteiger charge is -2.32. The number of hydrogen-bond donors (Lipinski definition) is 1. The third kappa shape index (κ3) is 5.12. The van der Waals surface area contributed by atoms with Gasteiger partial charge in [0.15, 0.2) is 11.5 Å². The van der Waals surface area contributed by atoms with E-state index in [1.165, 1.54) is 0 Å². The standard InChI is InChI=1S/C27H29NO5/c1-31-24-15-12-21(17-25(24)32-2)26(28-16-6-9-23(28)27(29)30)20-10-13-22(14-11-20)33-18-19-7-4-3-5-8-19/h3-5,7-8,10-15,17,23,26H,6,9,16,18H2,1-2H3,(H,29,30). The van der Waals surface area contributed by atoms with E-state index in [0.29, 0.717) is 31.1 Å². The van der Waals surface area contributed by atoms with E-state index in [1.807, 2.05) is 72.8 Å². The lowest BCUT2D eigenvalue weighted by molar-refractivity contribution is -0.142. The van der Waals surface area contributed by atoms with E-state index in [1.54, 1.807) is 14.2 Å². The minimum absolute atomic E-state index is 0.225. The van der Waals surface area contributed by atoms with Crippen LogP contribution >= 0.6 is 0 Å². The summed E-state index contributed by atoms with van der Waals surface area (Å²) in [5.74, 6) is 1.24. The number of rotatable bonds is 9. The molecular formula is C27H29NO5. The average molecular weight is 448 g/mol. The van der Waals surface area contributed by atoms with Gasteiger partial charge in [-0.1, -0.05) is 48.5 Å². The molecule has 3 aromatic rings. The van der Waals surface area contributed by atoms with Crippen LogP contribution < -0.4 is 14.2 Å². The third-order valence-electron chi connectivity index (χ3n) is 6.08. The molecule has 0 bridgehead atoms. The first kappa shape index (κ1) is 22.7. The Labute approximate surface area is 194 Å². The second kappa shape index (κ2) is 10.4. The van der Waals surface area contributed by atoms with Crippen LogP contribution in [0.2, 0.25) is 0 Å². The molecule has 172 valence electrons. The lowest BCUT2D eigenvalue weighted by Crippen LogP contribution is -2.39. The minimum Gasteiger partial charge on any atom is -0.493 e. The quantitative estimate of drug-likeness (QED) is 0.502. The topological polar surface area (TPSA) is 68.2 Å². The van der Waals surface area contributed by atoms with Crippen molar-refractivity contribution in [1.29, 1.82) is 0 Å². The van der Waals surface area contributed by atoms with Crippen LogP contribution in [0.5, 0.6) is 17.2 Å². The Morgan fingerprint density at radius 2 is 1.67 bits per heavy atom. The van der Waals surface area contributed by atoms with Crippen LogP contribution in [0.1, 0.15) is 35.6 Å². The maximum absolute atomic E-state index is 12.0. The number of carboxylic acid groups (broad SMARTS) is 1. The summed E-state index contributed by atoms with van der Waals surface area (Å²) in [6.45, 7) is 1.20. The molecule has 1 fully saturated rings. The van der Waals surface area contributed by atoms with Crippen LogP contribution in [0.15, 0.2) is 72.8 Å². The Bertz CT molecular complexity index is 1070. The highest BCUT2D eigenvalue weighted by Crippen LogP contribution is 2.39. The maximum atomic E-state index is 12.0. The zero-order chi connectivity index (χ0) is 23.2. The van der Waals surface area contributed by atoms with Gasteiger partial charge in [0.1, 0.15) is 18.4 Å². The first-order chi connectivity index (χ1) is 16.1. The second-order valence-corrected chi connectivity index (χ2v) is 8.09. The Balaban J connectivity index is 1.64. The van der Waals surface area contributed by atoms with Crippen molar-refractivity contribution in [2.24, 2.45) is 0 Å². The summed E-state index contributed by atoms with van der Waals surface area (Å²) in [6, 6.07) is 22.9. The van der Waals surface area contributed by atoms with Gasteiger partial charge in [0, 0.05) is 6.54 Å². The van der Waals surface area contributed by atoms with Crippen molar-refractivity contribution in [3.05, 3.63) is 89.5 Å². The smallest absolute Gasteiger partial charge is 0.320 e. The summed E-state index contributed by atoms with van der Waals surface area (Å²) >= 11 is 0. The van der Waals surface area contributed by atoms with Gasteiger partial charge in [-0.05, 0) is 53.8 Å². The van der Waals surface area contributed by atoms with Gasteiger partial charge in [-0.2, -0.15) is 0 Å². The molecule has 4 rings (SSSR count). The number of methoxy groups -OCH3 is 2. The highest BCUT2D eigenvalue weighted by atomic mass is 16.5. The van der Waals surface area contributed by atoms with Crippen molar-refractivity contribution in [2.45, 2.75) is 31.5 Å². The predicted molar refractivity (Wildman–Crippen MR) is 126 cm³/mol. The number of benzene rings is 3. The number of ether oxygens (including phenoxy) is 3. The van der Waals surface area contributed by atoms with E-state index in [4.69, 9.17) is 14.2 Å². The average Bonchev–Trinajstić information content (AvgIpc) is 3.34. The molecule has 1 heterocycles. The van der Waals surface area contributed by atoms with Crippen molar-refractivity contribution in [3.63, 3.8) is 0 Å². The normalized spacial score (nSPS) is 16.8. The lowest BCUT2D eigenvalue weighted by atomic mass is 9.95. The fraction of sp³-hybridized carbons (Fsp3) is 0.296. The number of nitrogens with zero attached hydrogens (tertiary/aromatic N) is 1. The van der Waals surface area contributed by atoms with Crippen molar-refractivity contribution in [1.82, 2.24) is 4.90 Å². The fourth-order valence-electron chi connectivity index (χ4n) is 4.45. The van der Waals surface area contributed by atoms with Gasteiger partial charge in [0.05, 0.1) is 20.3 Å². The summed E-state index contributed by atoms with van der Waals surface area (Å²) in [7, 11) is 3.20. The highest BCUT2D eigenvalue weighted by molar-refractivity contribution is 5.74. The molecule has 0 amide bonds. The van der Waals surface area contributed by atoms with Gasteiger partial charge in [0.25, 0.3) is 0 Å². The first-order valence-electron chi connectivity index (χ1n) is 11.1. The van der Waals surface area contributed by atoms with E-state index in [-0.39, 0.29) is 6.04 Å². The second-order valence-electron chi connectivity index (χ2n) is 8.09. The number of hydrogen-bond acceptors (Lipinski definition) is 5. The van der Waals surface area contributed by atoms with Crippen molar-refractivity contribution >= 4 is 5.97 Å². The number of likely N-dealkylation sites (tertiary alicyclic amines) is 1. The van der Waals surface area contributed by atoms with Gasteiger partial charge in [-0.15, -0.1) is 0 Å². The molecule has 0 spiro atoms. The molecule has 2 unspecified atom stereocenters. The highest BCUT2D eigenvalue weighted by Gasteiger charge is 2.37. The molecule has 1 N–H and O–H groups in total. The monoisotopic (exact) mass is 447 g/mol. The van der Waals surface area contributed by atoms with Gasteiger partial charge >= 0.3 is 5.97 Å². The van der Waals surface area contributed by atoms with Crippen LogP contribution in [0.3, 0.4) is 0 Å². The van der Waals surface area contributed by atoms with Gasteiger partial charge in [-0.25, -0.2) is 0 Å². The summed E-state index contributed by atoms with van der Waals surface area (Å²) in [5.41, 5.74) is 3.06. The van der Waals surface area contributed by atoms with E-state index in [2.05, 4.69) is 4.90 Å². The maximum Gasteiger partial charge on any atom is 0.320 e. The van der Waals surface area contributed by atoms with Crippen LogP contribution in [-0.4, -0.2) is 42.8 Å². The molecule has 3 aromatic carbocycles. The molecule has 6 nitrogen and oxygen atoms in total. The molecule has 6 heteroatoms. The van der Waals surface area contributed by atoms with E-state index in [9.17, 15) is 9.90 Å². The van der Waals surface area contributed by atoms with E-state index in [0.717, 1.165) is 28.9 Å². The van der Waals surface area contributed by atoms with Crippen molar-refractivity contribution in [3.8, 4) is 17.2 Å². The van der Waals surface area contributed by atoms with Crippen LogP contribution in [-0.2, 0) is 11.4 Å². The molecule has 0 radical (unpaired) electrons. The molecule has 0 aromatic heterocycles. The predicted octanol–water partition coefficient (Wildman–Crippen LogP) is 4.92. The van der Waals surface area contributed by atoms with Crippen molar-refractivity contribution < 1.29 is 24.1 Å². The molecule has 2 atom stereocenters. The Hall–Kier alpha value is -3.51. The fourth-order valence-corrected chi connectivity index (χ4v) is 4.45. The molecule has 1 saturated heterocycles. The van der Waals surface area contributed by atoms with Crippen LogP contribution in [0.4, 0.5) is 0 Å². The number of carboxylic acids is 1. The molecule has 0 saturated carbocycles. The summed E-state index contributed by atoms with van der Waals surface area (Å²) in [5, 5.41) is 9.83. The SMILES string of the molecule is COc1ccc(C(c2ccc(OCc3ccccc3)cc2)N2CCCC2C(=O)O)cc1OC. The zero-order valence-corrected chi connectivity index (χ0v) is 18.9. The number of aliphatic carboxylic acids is 1. The molecule has 33 heavy (non-hydrogen) atoms. The molecule has 1 aliphatic rings. The van der Waals surface area contributed by atoms with E-state index >= 15 is 0 Å². The van der Waals surface area contributed by atoms with Gasteiger partial charge < -0.3 is 19.3 Å². The van der Waals surface area contributed by atoms with Crippen LogP contribution in [0.25, 0.3) is 0 Å². The van der Waals surface area contributed by atoms with Gasteiger partial charge in [-0.3, -0.25) is 9.69 Å². The molecule has 0 aliphatic carbocycles. The number of carbonyl (C=O) groups is 1. The minimum atomic E-state index is -0.791. The van der Waals surface area contributed by atoms with Gasteiger partial charge in [0.2, 0.25) is 0 Å². The van der Waals surface area contributed by atoms with Crippen LogP contribution in [0, 0.1) is 0 Å². The Kier molecular flexibility index (Phi) is 7.15. The van der Waals surface area contributed by atoms with Crippen molar-refractivity contribution in [2.75, 3.05) is 20.8 Å². The Morgan fingerprint density at radius 3 is 2.33 bits per heavy atom. The Morgan fingerprint density at radius 1 is 0.970 bits per heavy atom. The van der Waals surface area contributed by atoms with E-state index < -0.39 is 12.0 Å². The summed E-state index contributed by atoms with van der Waals surface area (Å²) in [4.78, 5) is 14.0. The third-order valence-corrected chi connectivity index (χ3v) is 6.08. The summed E-state index contributed by atoms with van der Waals surface area (Å²) < 4.78 is 16.8. The summed E-state index contributed by atoms with van der Waals surface area (Å²) in [6.07, 6.45) is 1.48. The zero-order valence-electron chi connectivity index (χ0n) is 18.9. The first-order valence-corrected chi connectivity index (χ1v) is 11.1.